The summed E-state index contributed by atoms with van der Waals surface area (Å²) in [6.45, 7) is 3.37. The summed E-state index contributed by atoms with van der Waals surface area (Å²) in [5.41, 5.74) is 2.60. The standard InChI is InChI=1S/C20H20N2O4/c1-13-2-4-15(5-3-13)21-20(24)14-10-19(23)22(12-14)16-6-7-17-18(11-16)26-9-8-25-17/h2-7,11,14H,8-10,12H2,1H3,(H,21,24)/t14-/m1/s1. The summed E-state index contributed by atoms with van der Waals surface area (Å²) in [6.07, 6.45) is 0.201. The molecule has 2 aromatic rings. The van der Waals surface area contributed by atoms with E-state index in [1.807, 2.05) is 37.3 Å². The molecule has 134 valence electrons. The van der Waals surface area contributed by atoms with Gasteiger partial charge in [-0.05, 0) is 31.2 Å². The van der Waals surface area contributed by atoms with Crippen LogP contribution in [0.1, 0.15) is 12.0 Å². The van der Waals surface area contributed by atoms with E-state index in [1.54, 1.807) is 17.0 Å². The van der Waals surface area contributed by atoms with Gasteiger partial charge < -0.3 is 19.7 Å². The molecule has 0 aliphatic carbocycles. The number of fused-ring (bicyclic) bond motifs is 1. The lowest BCUT2D eigenvalue weighted by molar-refractivity contribution is -0.122. The van der Waals surface area contributed by atoms with E-state index in [0.29, 0.717) is 31.3 Å². The molecule has 0 radical (unpaired) electrons. The first-order valence-electron chi connectivity index (χ1n) is 8.68. The topological polar surface area (TPSA) is 67.9 Å². The maximum absolute atomic E-state index is 12.5. The van der Waals surface area contributed by atoms with Gasteiger partial charge in [-0.15, -0.1) is 0 Å². The molecule has 0 aromatic heterocycles. The number of benzene rings is 2. The fourth-order valence-corrected chi connectivity index (χ4v) is 3.21. The molecule has 26 heavy (non-hydrogen) atoms. The van der Waals surface area contributed by atoms with Gasteiger partial charge in [-0.3, -0.25) is 9.59 Å². The fraction of sp³-hybridized carbons (Fsp3) is 0.300. The summed E-state index contributed by atoms with van der Waals surface area (Å²) in [5.74, 6) is 0.736. The fourth-order valence-electron chi connectivity index (χ4n) is 3.21. The molecule has 0 spiro atoms. The molecule has 2 aromatic carbocycles. The number of nitrogens with one attached hydrogen (secondary N) is 1. The van der Waals surface area contributed by atoms with E-state index >= 15 is 0 Å². The molecule has 1 N–H and O–H groups in total. The first kappa shape index (κ1) is 16.4. The number of anilines is 2. The van der Waals surface area contributed by atoms with Gasteiger partial charge in [0, 0.05) is 30.4 Å². The Morgan fingerprint density at radius 1 is 1.08 bits per heavy atom. The first-order valence-corrected chi connectivity index (χ1v) is 8.68. The normalized spacial score (nSPS) is 18.7. The van der Waals surface area contributed by atoms with E-state index in [2.05, 4.69) is 5.32 Å². The Hall–Kier alpha value is -3.02. The maximum atomic E-state index is 12.5. The van der Waals surface area contributed by atoms with Crippen LogP contribution in [0.2, 0.25) is 0 Å². The number of aryl methyl sites for hydroxylation is 1. The molecular weight excluding hydrogens is 332 g/mol. The number of hydrogen-bond acceptors (Lipinski definition) is 4. The van der Waals surface area contributed by atoms with Crippen molar-refractivity contribution >= 4 is 23.2 Å². The minimum atomic E-state index is -0.378. The number of carbonyl (C=O) groups is 2. The zero-order valence-corrected chi connectivity index (χ0v) is 14.5. The second-order valence-corrected chi connectivity index (χ2v) is 6.59. The maximum Gasteiger partial charge on any atom is 0.229 e. The predicted molar refractivity (Wildman–Crippen MR) is 97.7 cm³/mol. The average Bonchev–Trinajstić information content (AvgIpc) is 3.05. The van der Waals surface area contributed by atoms with Crippen LogP contribution in [0.25, 0.3) is 0 Å². The van der Waals surface area contributed by atoms with Crippen molar-refractivity contribution in [1.82, 2.24) is 0 Å². The summed E-state index contributed by atoms with van der Waals surface area (Å²) in [4.78, 5) is 26.6. The van der Waals surface area contributed by atoms with Crippen molar-refractivity contribution in [2.75, 3.05) is 30.0 Å². The van der Waals surface area contributed by atoms with Crippen molar-refractivity contribution in [1.29, 1.82) is 0 Å². The summed E-state index contributed by atoms with van der Waals surface area (Å²) in [5, 5.41) is 2.89. The molecule has 0 bridgehead atoms. The van der Waals surface area contributed by atoms with Crippen molar-refractivity contribution in [2.45, 2.75) is 13.3 Å². The second kappa shape index (κ2) is 6.71. The quantitative estimate of drug-likeness (QED) is 0.922. The lowest BCUT2D eigenvalue weighted by atomic mass is 10.1. The van der Waals surface area contributed by atoms with Crippen LogP contribution in [0.5, 0.6) is 11.5 Å². The molecule has 2 heterocycles. The summed E-state index contributed by atoms with van der Waals surface area (Å²) in [6, 6.07) is 13.0. The molecule has 2 amide bonds. The molecule has 6 heteroatoms. The van der Waals surface area contributed by atoms with E-state index in [0.717, 1.165) is 16.9 Å². The highest BCUT2D eigenvalue weighted by atomic mass is 16.6. The van der Waals surface area contributed by atoms with Crippen molar-refractivity contribution in [3.8, 4) is 11.5 Å². The Kier molecular flexibility index (Phi) is 4.24. The number of rotatable bonds is 3. The van der Waals surface area contributed by atoms with Gasteiger partial charge in [-0.1, -0.05) is 17.7 Å². The van der Waals surface area contributed by atoms with Crippen LogP contribution in [0.3, 0.4) is 0 Å². The third-order valence-electron chi connectivity index (χ3n) is 4.65. The van der Waals surface area contributed by atoms with Crippen LogP contribution in [-0.4, -0.2) is 31.6 Å². The number of hydrogen-bond donors (Lipinski definition) is 1. The molecule has 2 aliphatic heterocycles. The van der Waals surface area contributed by atoms with Gasteiger partial charge in [0.1, 0.15) is 13.2 Å². The number of ether oxygens (including phenoxy) is 2. The van der Waals surface area contributed by atoms with Crippen molar-refractivity contribution < 1.29 is 19.1 Å². The van der Waals surface area contributed by atoms with E-state index in [1.165, 1.54) is 0 Å². The zero-order valence-electron chi connectivity index (χ0n) is 14.5. The van der Waals surface area contributed by atoms with Crippen molar-refractivity contribution in [2.24, 2.45) is 5.92 Å². The van der Waals surface area contributed by atoms with Gasteiger partial charge in [0.15, 0.2) is 11.5 Å². The number of amides is 2. The lowest BCUT2D eigenvalue weighted by Crippen LogP contribution is -2.28. The molecular formula is C20H20N2O4. The molecule has 4 rings (SSSR count). The van der Waals surface area contributed by atoms with Crippen LogP contribution in [0, 0.1) is 12.8 Å². The number of carbonyl (C=O) groups excluding carboxylic acids is 2. The molecule has 1 fully saturated rings. The monoisotopic (exact) mass is 352 g/mol. The van der Waals surface area contributed by atoms with Crippen LogP contribution in [0.4, 0.5) is 11.4 Å². The Balaban J connectivity index is 1.46. The smallest absolute Gasteiger partial charge is 0.229 e. The highest BCUT2D eigenvalue weighted by Crippen LogP contribution is 2.36. The van der Waals surface area contributed by atoms with Gasteiger partial charge in [0.05, 0.1) is 5.92 Å². The summed E-state index contributed by atoms with van der Waals surface area (Å²) in [7, 11) is 0. The third-order valence-corrected chi connectivity index (χ3v) is 4.65. The van der Waals surface area contributed by atoms with Gasteiger partial charge in [0.25, 0.3) is 0 Å². The van der Waals surface area contributed by atoms with E-state index < -0.39 is 0 Å². The molecule has 1 saturated heterocycles. The van der Waals surface area contributed by atoms with Crippen LogP contribution < -0.4 is 19.7 Å². The highest BCUT2D eigenvalue weighted by Gasteiger charge is 2.35. The van der Waals surface area contributed by atoms with Crippen molar-refractivity contribution in [3.05, 3.63) is 48.0 Å². The lowest BCUT2D eigenvalue weighted by Gasteiger charge is -2.22. The molecule has 1 atom stereocenters. The van der Waals surface area contributed by atoms with Crippen LogP contribution in [-0.2, 0) is 9.59 Å². The van der Waals surface area contributed by atoms with Crippen molar-refractivity contribution in [3.63, 3.8) is 0 Å². The molecule has 6 nitrogen and oxygen atoms in total. The number of nitrogens with zero attached hydrogens (tertiary/aromatic N) is 1. The van der Waals surface area contributed by atoms with Crippen LogP contribution in [0.15, 0.2) is 42.5 Å². The SMILES string of the molecule is Cc1ccc(NC(=O)[C@@H]2CC(=O)N(c3ccc4c(c3)OCCO4)C2)cc1. The predicted octanol–water partition coefficient (Wildman–Crippen LogP) is 2.76. The van der Waals surface area contributed by atoms with Gasteiger partial charge in [-0.2, -0.15) is 0 Å². The van der Waals surface area contributed by atoms with Gasteiger partial charge in [0.2, 0.25) is 11.8 Å². The average molecular weight is 352 g/mol. The Labute approximate surface area is 151 Å². The highest BCUT2D eigenvalue weighted by molar-refractivity contribution is 6.03. The van der Waals surface area contributed by atoms with Gasteiger partial charge >= 0.3 is 0 Å². The van der Waals surface area contributed by atoms with E-state index in [-0.39, 0.29) is 24.2 Å². The first-order chi connectivity index (χ1) is 12.6. The second-order valence-electron chi connectivity index (χ2n) is 6.59. The molecule has 2 aliphatic rings. The molecule has 0 unspecified atom stereocenters. The minimum absolute atomic E-state index is 0.0641. The zero-order chi connectivity index (χ0) is 18.1. The largest absolute Gasteiger partial charge is 0.486 e. The summed E-state index contributed by atoms with van der Waals surface area (Å²) < 4.78 is 11.1. The van der Waals surface area contributed by atoms with Gasteiger partial charge in [-0.25, -0.2) is 0 Å². The minimum Gasteiger partial charge on any atom is -0.486 e. The summed E-state index contributed by atoms with van der Waals surface area (Å²) >= 11 is 0. The Morgan fingerprint density at radius 3 is 2.58 bits per heavy atom. The van der Waals surface area contributed by atoms with E-state index in [4.69, 9.17) is 9.47 Å². The third kappa shape index (κ3) is 3.22. The Bertz CT molecular complexity index is 847. The molecule has 0 saturated carbocycles. The Morgan fingerprint density at radius 2 is 1.81 bits per heavy atom. The van der Waals surface area contributed by atoms with E-state index in [9.17, 15) is 9.59 Å². The van der Waals surface area contributed by atoms with Crippen LogP contribution >= 0.6 is 0 Å².